The lowest BCUT2D eigenvalue weighted by Crippen LogP contribution is -2.44. The molecule has 124 valence electrons. The SMILES string of the molecule is CCOc1cc(C(CN)N2CCCCC2CC)ccc1OC. The van der Waals surface area contributed by atoms with Gasteiger partial charge in [0.2, 0.25) is 0 Å². The minimum Gasteiger partial charge on any atom is -0.493 e. The molecule has 0 amide bonds. The van der Waals surface area contributed by atoms with E-state index in [0.29, 0.717) is 19.2 Å². The van der Waals surface area contributed by atoms with Crippen LogP contribution in [0.3, 0.4) is 0 Å². The van der Waals surface area contributed by atoms with E-state index in [1.165, 1.54) is 31.2 Å². The standard InChI is InChI=1S/C18H30N2O2/c1-4-15-8-6-7-11-20(15)16(13-19)14-9-10-17(21-3)18(12-14)22-5-2/h9-10,12,15-16H,4-8,11,13,19H2,1-3H3. The Bertz CT molecular complexity index is 464. The van der Waals surface area contributed by atoms with Crippen molar-refractivity contribution in [1.82, 2.24) is 4.90 Å². The number of methoxy groups -OCH3 is 1. The molecule has 0 aliphatic carbocycles. The zero-order chi connectivity index (χ0) is 15.9. The van der Waals surface area contributed by atoms with Crippen molar-refractivity contribution in [1.29, 1.82) is 0 Å². The third-order valence-electron chi connectivity index (χ3n) is 4.64. The lowest BCUT2D eigenvalue weighted by Gasteiger charge is -2.41. The van der Waals surface area contributed by atoms with Crippen molar-refractivity contribution in [2.45, 2.75) is 51.6 Å². The Labute approximate surface area is 134 Å². The topological polar surface area (TPSA) is 47.7 Å². The molecule has 2 N–H and O–H groups in total. The summed E-state index contributed by atoms with van der Waals surface area (Å²) in [4.78, 5) is 2.58. The number of hydrogen-bond donors (Lipinski definition) is 1. The first kappa shape index (κ1) is 17.1. The van der Waals surface area contributed by atoms with Crippen LogP contribution in [0, 0.1) is 0 Å². The minimum absolute atomic E-state index is 0.260. The molecule has 0 spiro atoms. The predicted molar refractivity (Wildman–Crippen MR) is 90.6 cm³/mol. The van der Waals surface area contributed by atoms with Crippen LogP contribution in [-0.4, -0.2) is 37.7 Å². The largest absolute Gasteiger partial charge is 0.493 e. The van der Waals surface area contributed by atoms with Gasteiger partial charge in [-0.2, -0.15) is 0 Å². The van der Waals surface area contributed by atoms with Gasteiger partial charge >= 0.3 is 0 Å². The summed E-state index contributed by atoms with van der Waals surface area (Å²) in [6.07, 6.45) is 5.06. The van der Waals surface area contributed by atoms with Crippen LogP contribution in [0.5, 0.6) is 11.5 Å². The van der Waals surface area contributed by atoms with E-state index in [2.05, 4.69) is 24.0 Å². The Balaban J connectivity index is 2.27. The monoisotopic (exact) mass is 306 g/mol. The van der Waals surface area contributed by atoms with Gasteiger partial charge in [0.1, 0.15) is 0 Å². The van der Waals surface area contributed by atoms with Gasteiger partial charge in [0.25, 0.3) is 0 Å². The number of rotatable bonds is 7. The highest BCUT2D eigenvalue weighted by molar-refractivity contribution is 5.44. The molecule has 0 radical (unpaired) electrons. The molecule has 1 heterocycles. The number of likely N-dealkylation sites (tertiary alicyclic amines) is 1. The molecule has 0 aromatic heterocycles. The van der Waals surface area contributed by atoms with Crippen LogP contribution < -0.4 is 15.2 Å². The Kier molecular flexibility index (Phi) is 6.52. The summed E-state index contributed by atoms with van der Waals surface area (Å²) in [5, 5.41) is 0. The Morgan fingerprint density at radius 3 is 2.73 bits per heavy atom. The van der Waals surface area contributed by atoms with Crippen LogP contribution in [0.15, 0.2) is 18.2 Å². The molecule has 4 heteroatoms. The number of nitrogens with two attached hydrogens (primary N) is 1. The van der Waals surface area contributed by atoms with Crippen LogP contribution in [0.25, 0.3) is 0 Å². The van der Waals surface area contributed by atoms with Crippen LogP contribution >= 0.6 is 0 Å². The van der Waals surface area contributed by atoms with E-state index in [1.54, 1.807) is 7.11 Å². The first-order chi connectivity index (χ1) is 10.7. The Morgan fingerprint density at radius 2 is 2.09 bits per heavy atom. The highest BCUT2D eigenvalue weighted by atomic mass is 16.5. The van der Waals surface area contributed by atoms with Crippen molar-refractivity contribution in [3.8, 4) is 11.5 Å². The minimum atomic E-state index is 0.260. The molecule has 1 aliphatic heterocycles. The molecule has 22 heavy (non-hydrogen) atoms. The number of nitrogens with zero attached hydrogens (tertiary/aromatic N) is 1. The van der Waals surface area contributed by atoms with Crippen LogP contribution in [0.4, 0.5) is 0 Å². The molecule has 1 aromatic carbocycles. The average molecular weight is 306 g/mol. The van der Waals surface area contributed by atoms with Gasteiger partial charge in [0, 0.05) is 18.6 Å². The first-order valence-electron chi connectivity index (χ1n) is 8.51. The molecule has 1 fully saturated rings. The van der Waals surface area contributed by atoms with Crippen molar-refractivity contribution < 1.29 is 9.47 Å². The lowest BCUT2D eigenvalue weighted by molar-refractivity contribution is 0.0947. The Morgan fingerprint density at radius 1 is 1.27 bits per heavy atom. The molecule has 2 unspecified atom stereocenters. The van der Waals surface area contributed by atoms with E-state index in [1.807, 2.05) is 13.0 Å². The summed E-state index contributed by atoms with van der Waals surface area (Å²) in [5.74, 6) is 1.60. The van der Waals surface area contributed by atoms with Gasteiger partial charge in [-0.15, -0.1) is 0 Å². The zero-order valence-corrected chi connectivity index (χ0v) is 14.2. The quantitative estimate of drug-likeness (QED) is 0.839. The number of benzene rings is 1. The van der Waals surface area contributed by atoms with Gasteiger partial charge in [-0.1, -0.05) is 19.4 Å². The Hall–Kier alpha value is -1.26. The summed E-state index contributed by atoms with van der Waals surface area (Å²) < 4.78 is 11.1. The van der Waals surface area contributed by atoms with Crippen molar-refractivity contribution in [2.75, 3.05) is 26.8 Å². The smallest absolute Gasteiger partial charge is 0.161 e. The van der Waals surface area contributed by atoms with E-state index < -0.39 is 0 Å². The van der Waals surface area contributed by atoms with E-state index in [9.17, 15) is 0 Å². The lowest BCUT2D eigenvalue weighted by atomic mass is 9.94. The fraction of sp³-hybridized carbons (Fsp3) is 0.667. The number of piperidine rings is 1. The second kappa shape index (κ2) is 8.39. The maximum absolute atomic E-state index is 6.13. The maximum atomic E-state index is 6.13. The molecule has 1 saturated heterocycles. The molecule has 2 atom stereocenters. The van der Waals surface area contributed by atoms with Gasteiger partial charge in [-0.3, -0.25) is 4.90 Å². The van der Waals surface area contributed by atoms with Gasteiger partial charge in [-0.05, 0) is 50.4 Å². The van der Waals surface area contributed by atoms with Crippen LogP contribution in [0.1, 0.15) is 51.1 Å². The molecule has 1 aromatic rings. The third kappa shape index (κ3) is 3.73. The van der Waals surface area contributed by atoms with Gasteiger partial charge in [0.05, 0.1) is 13.7 Å². The molecule has 0 bridgehead atoms. The molecule has 2 rings (SSSR count). The number of ether oxygens (including phenoxy) is 2. The molecular formula is C18H30N2O2. The van der Waals surface area contributed by atoms with E-state index >= 15 is 0 Å². The first-order valence-corrected chi connectivity index (χ1v) is 8.51. The van der Waals surface area contributed by atoms with Crippen molar-refractivity contribution in [3.05, 3.63) is 23.8 Å². The summed E-state index contributed by atoms with van der Waals surface area (Å²) in [6.45, 7) is 6.67. The second-order valence-corrected chi connectivity index (χ2v) is 5.89. The fourth-order valence-electron chi connectivity index (χ4n) is 3.50. The second-order valence-electron chi connectivity index (χ2n) is 5.89. The fourth-order valence-corrected chi connectivity index (χ4v) is 3.50. The van der Waals surface area contributed by atoms with Crippen molar-refractivity contribution >= 4 is 0 Å². The van der Waals surface area contributed by atoms with E-state index in [4.69, 9.17) is 15.2 Å². The van der Waals surface area contributed by atoms with Crippen LogP contribution in [-0.2, 0) is 0 Å². The summed E-state index contributed by atoms with van der Waals surface area (Å²) in [6, 6.07) is 7.12. The molecule has 0 saturated carbocycles. The highest BCUT2D eigenvalue weighted by Gasteiger charge is 2.28. The normalized spacial score (nSPS) is 20.6. The van der Waals surface area contributed by atoms with Gasteiger partial charge < -0.3 is 15.2 Å². The van der Waals surface area contributed by atoms with Crippen molar-refractivity contribution in [2.24, 2.45) is 5.73 Å². The summed E-state index contributed by atoms with van der Waals surface area (Å²) >= 11 is 0. The van der Waals surface area contributed by atoms with E-state index in [-0.39, 0.29) is 6.04 Å². The molecule has 4 nitrogen and oxygen atoms in total. The number of hydrogen-bond acceptors (Lipinski definition) is 4. The molecule has 1 aliphatic rings. The van der Waals surface area contributed by atoms with Crippen LogP contribution in [0.2, 0.25) is 0 Å². The van der Waals surface area contributed by atoms with Gasteiger partial charge in [-0.25, -0.2) is 0 Å². The highest BCUT2D eigenvalue weighted by Crippen LogP contribution is 2.34. The van der Waals surface area contributed by atoms with Gasteiger partial charge in [0.15, 0.2) is 11.5 Å². The average Bonchev–Trinajstić information content (AvgIpc) is 2.56. The summed E-state index contributed by atoms with van der Waals surface area (Å²) in [7, 11) is 1.68. The van der Waals surface area contributed by atoms with Crippen molar-refractivity contribution in [3.63, 3.8) is 0 Å². The van der Waals surface area contributed by atoms with E-state index in [0.717, 1.165) is 18.0 Å². The predicted octanol–water partition coefficient (Wildman–Crippen LogP) is 3.36. The maximum Gasteiger partial charge on any atom is 0.161 e. The third-order valence-corrected chi connectivity index (χ3v) is 4.64. The zero-order valence-electron chi connectivity index (χ0n) is 14.2. The molecular weight excluding hydrogens is 276 g/mol. The summed E-state index contributed by atoms with van der Waals surface area (Å²) in [5.41, 5.74) is 7.36.